The van der Waals surface area contributed by atoms with Crippen LogP contribution in [-0.4, -0.2) is 5.75 Å². The zero-order chi connectivity index (χ0) is 12.6. The Balaban J connectivity index is 2.85. The van der Waals surface area contributed by atoms with Crippen LogP contribution in [0.15, 0.2) is 0 Å². The van der Waals surface area contributed by atoms with Crippen molar-refractivity contribution in [2.45, 2.75) is 90.9 Å². The third-order valence-corrected chi connectivity index (χ3v) is 4.01. The molecule has 0 amide bonds. The normalized spacial score (nSPS) is 10.9. The molecule has 0 rings (SSSR count). The summed E-state index contributed by atoms with van der Waals surface area (Å²) in [6, 6.07) is 0. The van der Waals surface area contributed by atoms with E-state index in [0.29, 0.717) is 0 Å². The molecule has 0 heterocycles. The van der Waals surface area contributed by atoms with Gasteiger partial charge in [-0.05, 0) is 12.2 Å². The molecule has 0 fully saturated rings. The molecule has 0 aliphatic carbocycles. The van der Waals surface area contributed by atoms with E-state index in [0.717, 1.165) is 0 Å². The fraction of sp³-hybridized carbons (Fsp3) is 0.938. The van der Waals surface area contributed by atoms with Gasteiger partial charge in [-0.15, -0.1) is 0 Å². The van der Waals surface area contributed by atoms with Gasteiger partial charge >= 0.3 is 0 Å². The van der Waals surface area contributed by atoms with E-state index in [4.69, 9.17) is 0 Å². The molecule has 0 saturated heterocycles. The Morgan fingerprint density at radius 3 is 1.59 bits per heavy atom. The number of rotatable bonds is 14. The van der Waals surface area contributed by atoms with E-state index in [1.165, 1.54) is 82.8 Å². The first-order chi connectivity index (χ1) is 8.41. The lowest BCUT2D eigenvalue weighted by atomic mass is 10.1. The maximum absolute atomic E-state index is 2.38. The molecular formula is C16H33S. The molecule has 0 bridgehead atoms. The van der Waals surface area contributed by atoms with Crippen LogP contribution in [0.25, 0.3) is 0 Å². The Morgan fingerprint density at radius 2 is 1.12 bits per heavy atom. The zero-order valence-corrected chi connectivity index (χ0v) is 13.0. The summed E-state index contributed by atoms with van der Waals surface area (Å²) in [4.78, 5) is 0. The molecule has 0 saturated carbocycles. The predicted molar refractivity (Wildman–Crippen MR) is 83.5 cm³/mol. The van der Waals surface area contributed by atoms with E-state index < -0.39 is 0 Å². The SMILES string of the molecule is CCCCCCCCCCCCC[CH]SCC. The highest BCUT2D eigenvalue weighted by molar-refractivity contribution is 8.01. The van der Waals surface area contributed by atoms with Crippen molar-refractivity contribution in [3.05, 3.63) is 5.75 Å². The van der Waals surface area contributed by atoms with Crippen molar-refractivity contribution in [3.63, 3.8) is 0 Å². The predicted octanol–water partition coefficient (Wildman–Crippen LogP) is 6.60. The first-order valence-electron chi connectivity index (χ1n) is 7.85. The average Bonchev–Trinajstić information content (AvgIpc) is 2.35. The lowest BCUT2D eigenvalue weighted by molar-refractivity contribution is 0.550. The van der Waals surface area contributed by atoms with Crippen molar-refractivity contribution in [2.75, 3.05) is 5.75 Å². The van der Waals surface area contributed by atoms with Crippen LogP contribution in [0.2, 0.25) is 0 Å². The third kappa shape index (κ3) is 16.4. The minimum atomic E-state index is 1.23. The van der Waals surface area contributed by atoms with Gasteiger partial charge in [0.2, 0.25) is 0 Å². The van der Waals surface area contributed by atoms with Crippen LogP contribution in [0.3, 0.4) is 0 Å². The van der Waals surface area contributed by atoms with Gasteiger partial charge in [0, 0.05) is 5.75 Å². The number of unbranched alkanes of at least 4 members (excludes halogenated alkanes) is 11. The summed E-state index contributed by atoms with van der Waals surface area (Å²) in [5.74, 6) is 3.62. The number of thioether (sulfide) groups is 1. The van der Waals surface area contributed by atoms with E-state index in [-0.39, 0.29) is 0 Å². The number of hydrogen-bond acceptors (Lipinski definition) is 1. The van der Waals surface area contributed by atoms with Crippen LogP contribution in [0, 0.1) is 5.75 Å². The van der Waals surface area contributed by atoms with Crippen LogP contribution in [-0.2, 0) is 0 Å². The highest BCUT2D eigenvalue weighted by Gasteiger charge is 1.93. The number of hydrogen-bond donors (Lipinski definition) is 0. The molecule has 0 aromatic carbocycles. The Hall–Kier alpha value is 0.350. The molecule has 17 heavy (non-hydrogen) atoms. The van der Waals surface area contributed by atoms with Gasteiger partial charge in [0.15, 0.2) is 0 Å². The summed E-state index contributed by atoms with van der Waals surface area (Å²) in [6.45, 7) is 4.51. The van der Waals surface area contributed by atoms with Crippen LogP contribution in [0.5, 0.6) is 0 Å². The molecule has 0 N–H and O–H groups in total. The highest BCUT2D eigenvalue weighted by Crippen LogP contribution is 2.14. The lowest BCUT2D eigenvalue weighted by Crippen LogP contribution is -1.82. The van der Waals surface area contributed by atoms with Crippen molar-refractivity contribution in [2.24, 2.45) is 0 Å². The van der Waals surface area contributed by atoms with Gasteiger partial charge in [0.25, 0.3) is 0 Å². The third-order valence-electron chi connectivity index (χ3n) is 3.21. The second-order valence-electron chi connectivity index (χ2n) is 4.95. The monoisotopic (exact) mass is 257 g/mol. The van der Waals surface area contributed by atoms with Gasteiger partial charge < -0.3 is 0 Å². The fourth-order valence-corrected chi connectivity index (χ4v) is 2.66. The maximum atomic E-state index is 2.38. The molecule has 103 valence electrons. The van der Waals surface area contributed by atoms with E-state index in [1.54, 1.807) is 0 Å². The molecule has 0 aliphatic rings. The van der Waals surface area contributed by atoms with E-state index in [9.17, 15) is 0 Å². The topological polar surface area (TPSA) is 0 Å². The summed E-state index contributed by atoms with van der Waals surface area (Å²) in [5, 5.41) is 0. The lowest BCUT2D eigenvalue weighted by Gasteiger charge is -2.02. The van der Waals surface area contributed by atoms with Crippen molar-refractivity contribution >= 4 is 11.8 Å². The average molecular weight is 258 g/mol. The first-order valence-corrected chi connectivity index (χ1v) is 8.90. The van der Waals surface area contributed by atoms with Gasteiger partial charge in [-0.2, -0.15) is 11.8 Å². The standard InChI is InChI=1S/C16H33S/c1-3-5-6-7-8-9-10-11-12-13-14-15-16-17-4-2/h16H,3-15H2,1-2H3. The van der Waals surface area contributed by atoms with Crippen LogP contribution >= 0.6 is 11.8 Å². The maximum Gasteiger partial charge on any atom is 0.0166 e. The zero-order valence-electron chi connectivity index (χ0n) is 12.2. The second kappa shape index (κ2) is 16.4. The molecular weight excluding hydrogens is 224 g/mol. The molecule has 0 aliphatic heterocycles. The highest BCUT2D eigenvalue weighted by atomic mass is 32.2. The summed E-state index contributed by atoms with van der Waals surface area (Å²) < 4.78 is 0. The van der Waals surface area contributed by atoms with Crippen molar-refractivity contribution in [1.29, 1.82) is 0 Å². The smallest absolute Gasteiger partial charge is 0.0166 e. The van der Waals surface area contributed by atoms with E-state index >= 15 is 0 Å². The van der Waals surface area contributed by atoms with Gasteiger partial charge in [-0.1, -0.05) is 84.5 Å². The molecule has 0 unspecified atom stereocenters. The molecule has 0 spiro atoms. The van der Waals surface area contributed by atoms with Crippen molar-refractivity contribution in [3.8, 4) is 0 Å². The second-order valence-corrected chi connectivity index (χ2v) is 6.19. The fourth-order valence-electron chi connectivity index (χ4n) is 2.09. The Labute approximate surface area is 114 Å². The van der Waals surface area contributed by atoms with Gasteiger partial charge in [0.1, 0.15) is 0 Å². The molecule has 0 nitrogen and oxygen atoms in total. The van der Waals surface area contributed by atoms with Gasteiger partial charge in [-0.25, -0.2) is 0 Å². The molecule has 0 aromatic heterocycles. The first kappa shape index (κ1) is 17.4. The minimum absolute atomic E-state index is 1.23. The Kier molecular flexibility index (Phi) is 16.7. The Bertz CT molecular complexity index is 109. The summed E-state index contributed by atoms with van der Waals surface area (Å²) >= 11 is 1.96. The molecule has 0 atom stereocenters. The quantitative estimate of drug-likeness (QED) is 0.316. The summed E-state index contributed by atoms with van der Waals surface area (Å²) in [7, 11) is 0. The van der Waals surface area contributed by atoms with Gasteiger partial charge in [0.05, 0.1) is 0 Å². The van der Waals surface area contributed by atoms with Crippen molar-refractivity contribution < 1.29 is 0 Å². The minimum Gasteiger partial charge on any atom is -0.158 e. The molecule has 0 aromatic rings. The van der Waals surface area contributed by atoms with Gasteiger partial charge in [-0.3, -0.25) is 0 Å². The van der Waals surface area contributed by atoms with E-state index in [2.05, 4.69) is 19.6 Å². The van der Waals surface area contributed by atoms with Crippen LogP contribution in [0.4, 0.5) is 0 Å². The molecule has 1 heteroatoms. The Morgan fingerprint density at radius 1 is 0.647 bits per heavy atom. The van der Waals surface area contributed by atoms with Crippen molar-refractivity contribution in [1.82, 2.24) is 0 Å². The molecule has 1 radical (unpaired) electrons. The summed E-state index contributed by atoms with van der Waals surface area (Å²) in [5.41, 5.74) is 0. The van der Waals surface area contributed by atoms with Crippen LogP contribution in [0.1, 0.15) is 90.9 Å². The van der Waals surface area contributed by atoms with E-state index in [1.807, 2.05) is 11.8 Å². The largest absolute Gasteiger partial charge is 0.158 e. The van der Waals surface area contributed by atoms with Crippen LogP contribution < -0.4 is 0 Å². The summed E-state index contributed by atoms with van der Waals surface area (Å²) in [6.07, 6.45) is 17.2.